The van der Waals surface area contributed by atoms with Crippen LogP contribution in [0.15, 0.2) is 58.3 Å². The van der Waals surface area contributed by atoms with Gasteiger partial charge in [0.25, 0.3) is 15.9 Å². The van der Waals surface area contributed by atoms with E-state index in [-0.39, 0.29) is 17.4 Å². The molecular weight excluding hydrogens is 348 g/mol. The summed E-state index contributed by atoms with van der Waals surface area (Å²) in [4.78, 5) is 12.1. The number of carbonyl (C=O) groups excluding carboxylic acids is 1. The van der Waals surface area contributed by atoms with Crippen molar-refractivity contribution >= 4 is 33.4 Å². The first kappa shape index (κ1) is 18.2. The second-order valence-electron chi connectivity index (χ2n) is 4.74. The maximum absolute atomic E-state index is 12.5. The highest BCUT2D eigenvalue weighted by atomic mass is 32.2. The van der Waals surface area contributed by atoms with Crippen molar-refractivity contribution in [3.05, 3.63) is 48.5 Å². The predicted molar refractivity (Wildman–Crippen MR) is 95.0 cm³/mol. The Hall–Kier alpha value is -2.19. The first-order valence-electron chi connectivity index (χ1n) is 7.05. The second kappa shape index (κ2) is 8.07. The fraction of sp³-hybridized carbons (Fsp3) is 0.188. The Morgan fingerprint density at radius 3 is 2.42 bits per heavy atom. The van der Waals surface area contributed by atoms with Crippen LogP contribution in [0, 0.1) is 0 Å². The van der Waals surface area contributed by atoms with Crippen LogP contribution in [-0.2, 0) is 14.8 Å². The molecule has 6 nitrogen and oxygen atoms in total. The second-order valence-corrected chi connectivity index (χ2v) is 7.27. The van der Waals surface area contributed by atoms with Gasteiger partial charge in [-0.25, -0.2) is 8.42 Å². The van der Waals surface area contributed by atoms with Crippen LogP contribution in [0.1, 0.15) is 0 Å². The van der Waals surface area contributed by atoms with Gasteiger partial charge in [0.1, 0.15) is 5.75 Å². The highest BCUT2D eigenvalue weighted by molar-refractivity contribution is 7.99. The number of ether oxygens (including phenoxy) is 1. The maximum Gasteiger partial charge on any atom is 0.261 e. The minimum absolute atomic E-state index is 0.116. The van der Waals surface area contributed by atoms with Gasteiger partial charge in [-0.2, -0.15) is 0 Å². The molecule has 1 amide bonds. The third-order valence-corrected chi connectivity index (χ3v) is 5.31. The Labute approximate surface area is 145 Å². The minimum Gasteiger partial charge on any atom is -0.484 e. The van der Waals surface area contributed by atoms with E-state index in [0.717, 1.165) is 4.90 Å². The molecule has 0 aliphatic carbocycles. The Morgan fingerprint density at radius 2 is 1.79 bits per heavy atom. The van der Waals surface area contributed by atoms with Crippen molar-refractivity contribution < 1.29 is 17.9 Å². The minimum atomic E-state index is -3.70. The van der Waals surface area contributed by atoms with Crippen LogP contribution in [0.3, 0.4) is 0 Å². The molecule has 0 heterocycles. The molecule has 0 unspecified atom stereocenters. The van der Waals surface area contributed by atoms with Gasteiger partial charge in [-0.05, 0) is 42.7 Å². The number of thioether (sulfide) groups is 1. The molecule has 0 aliphatic heterocycles. The van der Waals surface area contributed by atoms with Gasteiger partial charge in [0, 0.05) is 11.9 Å². The molecule has 24 heavy (non-hydrogen) atoms. The lowest BCUT2D eigenvalue weighted by molar-refractivity contribution is -0.122. The lowest BCUT2D eigenvalue weighted by atomic mass is 10.3. The van der Waals surface area contributed by atoms with E-state index < -0.39 is 10.0 Å². The zero-order chi connectivity index (χ0) is 17.6. The number of hydrogen-bond donors (Lipinski definition) is 2. The summed E-state index contributed by atoms with van der Waals surface area (Å²) in [5.41, 5.74) is 0.532. The smallest absolute Gasteiger partial charge is 0.261 e. The largest absolute Gasteiger partial charge is 0.484 e. The van der Waals surface area contributed by atoms with Gasteiger partial charge in [0.05, 0.1) is 10.6 Å². The maximum atomic E-state index is 12.5. The van der Waals surface area contributed by atoms with Crippen LogP contribution >= 0.6 is 11.8 Å². The molecule has 0 saturated carbocycles. The van der Waals surface area contributed by atoms with Gasteiger partial charge in [-0.1, -0.05) is 12.1 Å². The van der Waals surface area contributed by atoms with Gasteiger partial charge < -0.3 is 10.1 Å². The number of amides is 1. The van der Waals surface area contributed by atoms with E-state index in [4.69, 9.17) is 4.74 Å². The summed E-state index contributed by atoms with van der Waals surface area (Å²) in [7, 11) is -2.18. The topological polar surface area (TPSA) is 84.5 Å². The van der Waals surface area contributed by atoms with Crippen molar-refractivity contribution in [1.29, 1.82) is 0 Å². The van der Waals surface area contributed by atoms with E-state index in [1.165, 1.54) is 43.1 Å². The normalized spacial score (nSPS) is 10.9. The van der Waals surface area contributed by atoms with E-state index >= 15 is 0 Å². The molecule has 0 fully saturated rings. The number of carbonyl (C=O) groups is 1. The summed E-state index contributed by atoms with van der Waals surface area (Å²) < 4.78 is 32.8. The lowest BCUT2D eigenvalue weighted by Gasteiger charge is -2.12. The van der Waals surface area contributed by atoms with Crippen molar-refractivity contribution in [2.75, 3.05) is 24.6 Å². The number of nitrogens with one attached hydrogen (secondary N) is 2. The number of rotatable bonds is 7. The SMILES string of the molecule is CNC(=O)COc1ccc(S(=O)(=O)Nc2ccccc2SC)cc1. The van der Waals surface area contributed by atoms with Crippen LogP contribution in [-0.4, -0.2) is 34.2 Å². The summed E-state index contributed by atoms with van der Waals surface area (Å²) in [5, 5.41) is 2.44. The van der Waals surface area contributed by atoms with Crippen LogP contribution in [0.25, 0.3) is 0 Å². The first-order chi connectivity index (χ1) is 11.5. The number of hydrogen-bond acceptors (Lipinski definition) is 5. The first-order valence-corrected chi connectivity index (χ1v) is 9.76. The molecule has 2 aromatic carbocycles. The molecular formula is C16H18N2O4S2. The summed E-state index contributed by atoms with van der Waals surface area (Å²) in [5.74, 6) is 0.157. The Morgan fingerprint density at radius 1 is 1.12 bits per heavy atom. The zero-order valence-corrected chi connectivity index (χ0v) is 14.9. The Balaban J connectivity index is 2.13. The zero-order valence-electron chi connectivity index (χ0n) is 13.3. The Bertz CT molecular complexity index is 805. The van der Waals surface area contributed by atoms with Crippen molar-refractivity contribution in [3.63, 3.8) is 0 Å². The Kier molecular flexibility index (Phi) is 6.10. The van der Waals surface area contributed by atoms with Crippen molar-refractivity contribution in [2.45, 2.75) is 9.79 Å². The van der Waals surface area contributed by atoms with Gasteiger partial charge in [-0.3, -0.25) is 9.52 Å². The van der Waals surface area contributed by atoms with Gasteiger partial charge in [0.2, 0.25) is 0 Å². The summed E-state index contributed by atoms with van der Waals surface area (Å²) in [6.07, 6.45) is 1.88. The highest BCUT2D eigenvalue weighted by Gasteiger charge is 2.16. The third kappa shape index (κ3) is 4.65. The third-order valence-electron chi connectivity index (χ3n) is 3.13. The summed E-state index contributed by atoms with van der Waals surface area (Å²) in [6.45, 7) is -0.123. The van der Waals surface area contributed by atoms with E-state index in [0.29, 0.717) is 11.4 Å². The monoisotopic (exact) mass is 366 g/mol. The van der Waals surface area contributed by atoms with E-state index in [2.05, 4.69) is 10.0 Å². The number of benzene rings is 2. The predicted octanol–water partition coefficient (Wildman–Crippen LogP) is 2.33. The molecule has 0 aliphatic rings. The molecule has 0 spiro atoms. The van der Waals surface area contributed by atoms with Gasteiger partial charge >= 0.3 is 0 Å². The fourth-order valence-electron chi connectivity index (χ4n) is 1.87. The van der Waals surface area contributed by atoms with Crippen LogP contribution in [0.4, 0.5) is 5.69 Å². The molecule has 0 bridgehead atoms. The lowest BCUT2D eigenvalue weighted by Crippen LogP contribution is -2.24. The molecule has 2 N–H and O–H groups in total. The van der Waals surface area contributed by atoms with Gasteiger partial charge in [-0.15, -0.1) is 11.8 Å². The van der Waals surface area contributed by atoms with Crippen molar-refractivity contribution in [2.24, 2.45) is 0 Å². The summed E-state index contributed by atoms with van der Waals surface area (Å²) in [6, 6.07) is 13.1. The number of anilines is 1. The van der Waals surface area contributed by atoms with E-state index in [1.54, 1.807) is 12.1 Å². The molecule has 0 atom stereocenters. The molecule has 8 heteroatoms. The van der Waals surface area contributed by atoms with E-state index in [1.807, 2.05) is 18.4 Å². The van der Waals surface area contributed by atoms with Gasteiger partial charge in [0.15, 0.2) is 6.61 Å². The molecule has 2 aromatic rings. The fourth-order valence-corrected chi connectivity index (χ4v) is 3.57. The number of para-hydroxylation sites is 1. The van der Waals surface area contributed by atoms with Crippen LogP contribution in [0.2, 0.25) is 0 Å². The average Bonchev–Trinajstić information content (AvgIpc) is 2.60. The standard InChI is InChI=1S/C16H18N2O4S2/c1-17-16(19)11-22-12-7-9-13(10-8-12)24(20,21)18-14-5-3-4-6-15(14)23-2/h3-10,18H,11H2,1-2H3,(H,17,19). The van der Waals surface area contributed by atoms with Crippen LogP contribution < -0.4 is 14.8 Å². The molecule has 0 radical (unpaired) electrons. The van der Waals surface area contributed by atoms with E-state index in [9.17, 15) is 13.2 Å². The number of likely N-dealkylation sites (N-methyl/N-ethyl adjacent to an activating group) is 1. The summed E-state index contributed by atoms with van der Waals surface area (Å²) >= 11 is 1.46. The van der Waals surface area contributed by atoms with Crippen molar-refractivity contribution in [1.82, 2.24) is 5.32 Å². The molecule has 128 valence electrons. The average molecular weight is 366 g/mol. The van der Waals surface area contributed by atoms with Crippen molar-refractivity contribution in [3.8, 4) is 5.75 Å². The van der Waals surface area contributed by atoms with Crippen LogP contribution in [0.5, 0.6) is 5.75 Å². The number of sulfonamides is 1. The highest BCUT2D eigenvalue weighted by Crippen LogP contribution is 2.27. The quantitative estimate of drug-likeness (QED) is 0.735. The molecule has 0 saturated heterocycles. The molecule has 0 aromatic heterocycles. The molecule has 2 rings (SSSR count).